The summed E-state index contributed by atoms with van der Waals surface area (Å²) in [4.78, 5) is 34.2. The zero-order chi connectivity index (χ0) is 20.1. The molecule has 2 saturated heterocycles. The number of halogens is 1. The Labute approximate surface area is 166 Å². The number of carbonyl (C=O) groups is 2. The van der Waals surface area contributed by atoms with Crippen molar-refractivity contribution in [2.45, 2.75) is 0 Å². The molecule has 0 bridgehead atoms. The molecule has 2 aliphatic heterocycles. The van der Waals surface area contributed by atoms with Crippen molar-refractivity contribution in [3.05, 3.63) is 30.1 Å². The predicted octanol–water partition coefficient (Wildman–Crippen LogP) is 0.180. The zero-order valence-electron chi connectivity index (χ0n) is 16.8. The SMILES string of the molecule is CN(C)C(=O)CN1CCN(CC(=O)N2CCN(c3ccccc3F)CC2)CC1. The number of hydrogen-bond acceptors (Lipinski definition) is 5. The van der Waals surface area contributed by atoms with Crippen LogP contribution in [-0.2, 0) is 9.59 Å². The summed E-state index contributed by atoms with van der Waals surface area (Å²) >= 11 is 0. The maximum Gasteiger partial charge on any atom is 0.236 e. The van der Waals surface area contributed by atoms with Crippen LogP contribution in [0.2, 0.25) is 0 Å². The predicted molar refractivity (Wildman–Crippen MR) is 107 cm³/mol. The van der Waals surface area contributed by atoms with Gasteiger partial charge in [0, 0.05) is 66.5 Å². The number of amides is 2. The monoisotopic (exact) mass is 391 g/mol. The van der Waals surface area contributed by atoms with Gasteiger partial charge >= 0.3 is 0 Å². The summed E-state index contributed by atoms with van der Waals surface area (Å²) in [6.07, 6.45) is 0. The molecule has 154 valence electrons. The van der Waals surface area contributed by atoms with Gasteiger partial charge in [-0.1, -0.05) is 12.1 Å². The standard InChI is InChI=1S/C20H30FN5O2/c1-22(2)19(27)15-23-7-9-24(10-8-23)16-20(28)26-13-11-25(12-14-26)18-6-4-3-5-17(18)21/h3-6H,7-16H2,1-2H3. The fraction of sp³-hybridized carbons (Fsp3) is 0.600. The maximum absolute atomic E-state index is 13.9. The van der Waals surface area contributed by atoms with Gasteiger partial charge in [0.2, 0.25) is 11.8 Å². The first-order valence-electron chi connectivity index (χ1n) is 9.86. The number of anilines is 1. The van der Waals surface area contributed by atoms with E-state index in [2.05, 4.69) is 9.80 Å². The molecule has 0 spiro atoms. The van der Waals surface area contributed by atoms with Gasteiger partial charge in [-0.2, -0.15) is 0 Å². The van der Waals surface area contributed by atoms with Crippen LogP contribution in [0.5, 0.6) is 0 Å². The molecule has 3 rings (SSSR count). The van der Waals surface area contributed by atoms with Crippen LogP contribution in [0.1, 0.15) is 0 Å². The summed E-state index contributed by atoms with van der Waals surface area (Å²) in [6.45, 7) is 6.56. The Morgan fingerprint density at radius 1 is 0.893 bits per heavy atom. The average Bonchev–Trinajstić information content (AvgIpc) is 2.70. The van der Waals surface area contributed by atoms with Crippen molar-refractivity contribution >= 4 is 17.5 Å². The molecule has 7 nitrogen and oxygen atoms in total. The van der Waals surface area contributed by atoms with E-state index in [0.29, 0.717) is 45.0 Å². The van der Waals surface area contributed by atoms with E-state index >= 15 is 0 Å². The van der Waals surface area contributed by atoms with Gasteiger partial charge in [0.05, 0.1) is 18.8 Å². The Balaban J connectivity index is 1.41. The van der Waals surface area contributed by atoms with E-state index in [0.717, 1.165) is 26.2 Å². The molecule has 0 aliphatic carbocycles. The average molecular weight is 391 g/mol. The lowest BCUT2D eigenvalue weighted by Crippen LogP contribution is -2.54. The lowest BCUT2D eigenvalue weighted by molar-refractivity contribution is -0.134. The highest BCUT2D eigenvalue weighted by molar-refractivity contribution is 5.79. The molecule has 1 aromatic rings. The molecule has 2 aliphatic rings. The second-order valence-corrected chi connectivity index (χ2v) is 7.66. The van der Waals surface area contributed by atoms with Crippen LogP contribution >= 0.6 is 0 Å². The van der Waals surface area contributed by atoms with Crippen molar-refractivity contribution in [3.63, 3.8) is 0 Å². The first-order valence-corrected chi connectivity index (χ1v) is 9.86. The van der Waals surface area contributed by atoms with E-state index in [1.54, 1.807) is 31.1 Å². The molecule has 0 N–H and O–H groups in total. The van der Waals surface area contributed by atoms with E-state index in [4.69, 9.17) is 0 Å². The van der Waals surface area contributed by atoms with Crippen molar-refractivity contribution in [1.82, 2.24) is 19.6 Å². The van der Waals surface area contributed by atoms with Gasteiger partial charge in [-0.15, -0.1) is 0 Å². The molecular formula is C20H30FN5O2. The topological polar surface area (TPSA) is 50.3 Å². The number of benzene rings is 1. The summed E-state index contributed by atoms with van der Waals surface area (Å²) in [5.74, 6) is 0.0242. The molecule has 0 unspecified atom stereocenters. The van der Waals surface area contributed by atoms with Crippen LogP contribution in [0.3, 0.4) is 0 Å². The third-order valence-electron chi connectivity index (χ3n) is 5.51. The largest absolute Gasteiger partial charge is 0.366 e. The Bertz CT molecular complexity index is 683. The first-order chi connectivity index (χ1) is 13.4. The van der Waals surface area contributed by atoms with Gasteiger partial charge in [0.15, 0.2) is 0 Å². The Hall–Kier alpha value is -2.19. The van der Waals surface area contributed by atoms with Crippen LogP contribution in [0.4, 0.5) is 10.1 Å². The van der Waals surface area contributed by atoms with Gasteiger partial charge in [0.25, 0.3) is 0 Å². The molecule has 1 aromatic carbocycles. The van der Waals surface area contributed by atoms with Gasteiger partial charge in [-0.25, -0.2) is 4.39 Å². The Morgan fingerprint density at radius 3 is 2.04 bits per heavy atom. The molecule has 28 heavy (non-hydrogen) atoms. The zero-order valence-corrected chi connectivity index (χ0v) is 16.8. The lowest BCUT2D eigenvalue weighted by atomic mass is 10.2. The fourth-order valence-electron chi connectivity index (χ4n) is 3.63. The van der Waals surface area contributed by atoms with Gasteiger partial charge in [-0.05, 0) is 12.1 Å². The van der Waals surface area contributed by atoms with Crippen LogP contribution in [-0.4, -0.2) is 111 Å². The third-order valence-corrected chi connectivity index (χ3v) is 5.51. The van der Waals surface area contributed by atoms with Crippen molar-refractivity contribution < 1.29 is 14.0 Å². The molecule has 0 aromatic heterocycles. The quantitative estimate of drug-likeness (QED) is 0.717. The smallest absolute Gasteiger partial charge is 0.236 e. The third kappa shape index (κ3) is 5.20. The molecule has 2 amide bonds. The molecule has 2 heterocycles. The van der Waals surface area contributed by atoms with E-state index in [1.807, 2.05) is 15.9 Å². The normalized spacial score (nSPS) is 19.0. The van der Waals surface area contributed by atoms with Crippen LogP contribution < -0.4 is 4.90 Å². The second kappa shape index (κ2) is 9.34. The maximum atomic E-state index is 13.9. The van der Waals surface area contributed by atoms with Crippen molar-refractivity contribution in [3.8, 4) is 0 Å². The highest BCUT2D eigenvalue weighted by Crippen LogP contribution is 2.20. The van der Waals surface area contributed by atoms with Crippen molar-refractivity contribution in [1.29, 1.82) is 0 Å². The van der Waals surface area contributed by atoms with E-state index in [9.17, 15) is 14.0 Å². The van der Waals surface area contributed by atoms with Gasteiger partial charge < -0.3 is 14.7 Å². The summed E-state index contributed by atoms with van der Waals surface area (Å²) in [5.41, 5.74) is 0.609. The molecule has 0 saturated carbocycles. The minimum atomic E-state index is -0.215. The number of likely N-dealkylation sites (N-methyl/N-ethyl adjacent to an activating group) is 1. The second-order valence-electron chi connectivity index (χ2n) is 7.66. The highest BCUT2D eigenvalue weighted by Gasteiger charge is 2.26. The summed E-state index contributed by atoms with van der Waals surface area (Å²) in [6, 6.07) is 6.78. The van der Waals surface area contributed by atoms with E-state index < -0.39 is 0 Å². The fourth-order valence-corrected chi connectivity index (χ4v) is 3.63. The summed E-state index contributed by atoms with van der Waals surface area (Å²) in [5, 5.41) is 0. The molecular weight excluding hydrogens is 361 g/mol. The lowest BCUT2D eigenvalue weighted by Gasteiger charge is -2.38. The van der Waals surface area contributed by atoms with Gasteiger partial charge in [0.1, 0.15) is 5.82 Å². The summed E-state index contributed by atoms with van der Waals surface area (Å²) < 4.78 is 13.9. The molecule has 2 fully saturated rings. The number of carbonyl (C=O) groups excluding carboxylic acids is 2. The number of piperazine rings is 2. The number of hydrogen-bond donors (Lipinski definition) is 0. The number of nitrogens with zero attached hydrogens (tertiary/aromatic N) is 5. The van der Waals surface area contributed by atoms with Crippen molar-refractivity contribution in [2.24, 2.45) is 0 Å². The Kier molecular flexibility index (Phi) is 6.85. The molecule has 0 atom stereocenters. The van der Waals surface area contributed by atoms with Crippen molar-refractivity contribution in [2.75, 3.05) is 84.4 Å². The minimum absolute atomic E-state index is 0.109. The van der Waals surface area contributed by atoms with E-state index in [1.165, 1.54) is 6.07 Å². The van der Waals surface area contributed by atoms with Gasteiger partial charge in [-0.3, -0.25) is 19.4 Å². The minimum Gasteiger partial charge on any atom is -0.366 e. The summed E-state index contributed by atoms with van der Waals surface area (Å²) in [7, 11) is 3.53. The van der Waals surface area contributed by atoms with Crippen LogP contribution in [0, 0.1) is 5.82 Å². The first kappa shape index (κ1) is 20.5. The molecule has 0 radical (unpaired) electrons. The van der Waals surface area contributed by atoms with Crippen LogP contribution in [0.25, 0.3) is 0 Å². The number of rotatable bonds is 5. The number of para-hydroxylation sites is 1. The molecule has 8 heteroatoms. The highest BCUT2D eigenvalue weighted by atomic mass is 19.1. The van der Waals surface area contributed by atoms with Crippen LogP contribution in [0.15, 0.2) is 24.3 Å². The van der Waals surface area contributed by atoms with E-state index in [-0.39, 0.29) is 17.6 Å². The Morgan fingerprint density at radius 2 is 1.46 bits per heavy atom.